The van der Waals surface area contributed by atoms with E-state index in [0.717, 1.165) is 19.4 Å². The van der Waals surface area contributed by atoms with Gasteiger partial charge in [0.05, 0.1) is 30.2 Å². The summed E-state index contributed by atoms with van der Waals surface area (Å²) >= 11 is 69.1. The van der Waals surface area contributed by atoms with E-state index in [9.17, 15) is 34.2 Å². The molecular formula is C40H44BCl12INNa2O20. The Hall–Kier alpha value is 1.94. The first-order chi connectivity index (χ1) is 34.3. The van der Waals surface area contributed by atoms with Gasteiger partial charge < -0.3 is 60.9 Å². The molecule has 21 nitrogen and oxygen atoms in total. The third-order valence-corrected chi connectivity index (χ3v) is 18.6. The second-order valence-electron chi connectivity index (χ2n) is 15.3. The van der Waals surface area contributed by atoms with Crippen molar-refractivity contribution in [3.05, 3.63) is 66.1 Å². The van der Waals surface area contributed by atoms with Crippen LogP contribution in [0.2, 0.25) is 0 Å². The largest absolute Gasteiger partial charge is 1.00 e. The number of rotatable bonds is 10. The predicted molar refractivity (Wildman–Crippen MR) is 265 cm³/mol. The SMILES string of the molecule is CC(=O)OOC(C)=O.COC1(OC)C(Cl)(C=O)C(Cl)=C(Cl)C1(Cl)C=O.COC1(OC)C2(Cl)C(Cl)=C(Cl)C1(Cl)C(O)C2O.COC1(OC)C2(Cl)CN(Cc3ccccc3)CC1(Cl)C(Cl)=C2Cl.[B-]OC(C)=O.[Na+].[Na+].[O-][I+3]([O-])([O-])[O-]. The number of aliphatic hydroxyl groups is 2. The summed E-state index contributed by atoms with van der Waals surface area (Å²) in [5.41, 5.74) is 1.15. The van der Waals surface area contributed by atoms with E-state index in [1.165, 1.54) is 49.6 Å². The molecular weight excluding hydrogens is 1420 g/mol. The van der Waals surface area contributed by atoms with Crippen LogP contribution in [0.25, 0.3) is 0 Å². The van der Waals surface area contributed by atoms with Crippen LogP contribution >= 0.6 is 139 Å². The zero-order valence-electron chi connectivity index (χ0n) is 42.0. The third kappa shape index (κ3) is 15.0. The molecule has 0 amide bonds. The maximum absolute atomic E-state index is 11.2. The molecule has 1 saturated heterocycles. The van der Waals surface area contributed by atoms with E-state index < -0.39 is 96.8 Å². The van der Waals surface area contributed by atoms with Gasteiger partial charge in [0.1, 0.15) is 42.0 Å². The number of fused-ring (bicyclic) bond motifs is 4. The molecule has 37 heteroatoms. The number of alkyl halides is 6. The number of ether oxygens (including phenoxy) is 6. The maximum Gasteiger partial charge on any atom is 1.00 e. The van der Waals surface area contributed by atoms with Crippen molar-refractivity contribution in [1.82, 2.24) is 4.90 Å². The zero-order chi connectivity index (χ0) is 58.9. The first-order valence-electron chi connectivity index (χ1n) is 19.8. The van der Waals surface area contributed by atoms with E-state index in [1.54, 1.807) is 0 Å². The Balaban J connectivity index is 0. The molecule has 77 heavy (non-hydrogen) atoms. The molecule has 1 saturated carbocycles. The van der Waals surface area contributed by atoms with Crippen LogP contribution < -0.4 is 93.0 Å². The van der Waals surface area contributed by atoms with Gasteiger partial charge in [-0.2, -0.15) is 0 Å². The van der Waals surface area contributed by atoms with Gasteiger partial charge in [0.15, 0.2) is 32.1 Å². The fourth-order valence-electron chi connectivity index (χ4n) is 8.22. The van der Waals surface area contributed by atoms with Crippen molar-refractivity contribution in [3.8, 4) is 0 Å². The van der Waals surface area contributed by atoms with Crippen LogP contribution in [-0.4, -0.2) is 168 Å². The summed E-state index contributed by atoms with van der Waals surface area (Å²) < 4.78 is 69.9. The molecule has 8 atom stereocenters. The molecule has 4 aliphatic carbocycles. The summed E-state index contributed by atoms with van der Waals surface area (Å²) in [7, 11) is 12.2. The average molecular weight is 1470 g/mol. The number of aliphatic hydroxyl groups excluding tert-OH is 2. The number of piperidine rings is 1. The number of benzene rings is 1. The van der Waals surface area contributed by atoms with E-state index in [-0.39, 0.29) is 102 Å². The van der Waals surface area contributed by atoms with Crippen molar-refractivity contribution < 1.29 is 170 Å². The summed E-state index contributed by atoms with van der Waals surface area (Å²) in [5, 5.41) is 19.8. The molecule has 1 aromatic rings. The first kappa shape index (κ1) is 81.0. The van der Waals surface area contributed by atoms with E-state index in [2.05, 4.69) is 39.5 Å². The summed E-state index contributed by atoms with van der Waals surface area (Å²) in [6.45, 7) is 5.02. The van der Waals surface area contributed by atoms with Crippen LogP contribution in [0.15, 0.2) is 60.5 Å². The molecule has 2 fully saturated rings. The molecule has 5 aliphatic rings. The summed E-state index contributed by atoms with van der Waals surface area (Å²) in [6.07, 6.45) is -2.40. The molecule has 8 unspecified atom stereocenters. The maximum atomic E-state index is 11.2. The minimum absolute atomic E-state index is 0. The normalized spacial score (nSPS) is 30.5. The van der Waals surface area contributed by atoms with Gasteiger partial charge in [-0.15, -0.1) is 46.4 Å². The van der Waals surface area contributed by atoms with Gasteiger partial charge in [-0.3, -0.25) is 23.4 Å². The van der Waals surface area contributed by atoms with E-state index in [0.29, 0.717) is 19.6 Å². The van der Waals surface area contributed by atoms with E-state index >= 15 is 0 Å². The summed E-state index contributed by atoms with van der Waals surface area (Å²) in [4.78, 5) is 51.5. The van der Waals surface area contributed by atoms with Crippen LogP contribution in [0.4, 0.5) is 0 Å². The molecule has 2 N–H and O–H groups in total. The number of hydrogen-bond donors (Lipinski definition) is 2. The van der Waals surface area contributed by atoms with Crippen LogP contribution in [-0.2, 0) is 73.4 Å². The Labute approximate surface area is 554 Å². The van der Waals surface area contributed by atoms with Crippen LogP contribution in [0, 0.1) is 0 Å². The predicted octanol–water partition coefficient (Wildman–Crippen LogP) is -6.53. The first-order valence-corrected chi connectivity index (χ1v) is 27.9. The van der Waals surface area contributed by atoms with E-state index in [4.69, 9.17) is 181 Å². The van der Waals surface area contributed by atoms with Crippen LogP contribution in [0.3, 0.4) is 0 Å². The molecule has 425 valence electrons. The second kappa shape index (κ2) is 32.1. The van der Waals surface area contributed by atoms with Gasteiger partial charge in [0.25, 0.3) is 0 Å². The van der Waals surface area contributed by atoms with Gasteiger partial charge in [-0.25, -0.2) is 19.4 Å². The molecule has 1 heterocycles. The van der Waals surface area contributed by atoms with Gasteiger partial charge in [0, 0.05) is 83.1 Å². The summed E-state index contributed by atoms with van der Waals surface area (Å²) in [6, 6.07) is 10.1. The Morgan fingerprint density at radius 2 is 0.870 bits per heavy atom. The monoisotopic (exact) mass is 1460 g/mol. The van der Waals surface area contributed by atoms with Crippen LogP contribution in [0.5, 0.6) is 0 Å². The van der Waals surface area contributed by atoms with Crippen molar-refractivity contribution in [2.24, 2.45) is 0 Å². The van der Waals surface area contributed by atoms with Gasteiger partial charge in [-0.1, -0.05) is 123 Å². The number of likely N-dealkylation sites (tertiary alicyclic amines) is 1. The number of halogens is 13. The Bertz CT molecular complexity index is 2210. The Kier molecular flexibility index (Phi) is 33.7. The van der Waals surface area contributed by atoms with Gasteiger partial charge >= 0.3 is 71.1 Å². The summed E-state index contributed by atoms with van der Waals surface area (Å²) in [5.74, 6) is -6.81. The molecule has 0 aromatic heterocycles. The van der Waals surface area contributed by atoms with Crippen molar-refractivity contribution in [3.63, 3.8) is 0 Å². The number of methoxy groups -OCH3 is 6. The van der Waals surface area contributed by atoms with Gasteiger partial charge in [-0.05, 0) is 5.56 Å². The number of carbonyl (C=O) groups excluding carboxylic acids is 5. The molecule has 1 aromatic carbocycles. The van der Waals surface area contributed by atoms with Crippen molar-refractivity contribution in [2.75, 3.05) is 55.7 Å². The van der Waals surface area contributed by atoms with Crippen molar-refractivity contribution >= 4 is 178 Å². The molecule has 0 spiro atoms. The Morgan fingerprint density at radius 1 is 0.584 bits per heavy atom. The fraction of sp³-hybridized carbons (Fsp3) is 0.575. The van der Waals surface area contributed by atoms with Crippen LogP contribution in [0.1, 0.15) is 26.3 Å². The standard InChI is InChI=1S/C16H17Cl4NO2.C9H10Cl4O4.C9H8Cl4O4.C4H6O4.C2H3BO2.IO4.2Na/c1-22-16(23-2)14(19)9-21(8-11-6-4-3-5-7-11)10-15(16,20)13(18)12(14)17;1-16-9(17-2)7(12)3(10)4(11)8(9,13)6(15)5(7)14;1-16-9(17-2)7(12,3-14)5(10)6(11)8(9,13)4-15;1-3(5)7-8-4(2)6;1-2(4)5-3;2-1(3,4)5;;/h3-7H,8-10H2,1-2H3;5-6,14-15H,1-2H3;3-4H,1-2H3;1-2H3;1H3;;;/q;;;;2*-1;2*+1. The molecule has 6 rings (SSSR count). The average Bonchev–Trinajstić information content (AvgIpc) is 3.67. The fourth-order valence-corrected chi connectivity index (χ4v) is 13.7. The number of carbonyl (C=O) groups is 5. The minimum atomic E-state index is -5.94. The number of aldehydes is 2. The molecule has 3 radical (unpaired) electrons. The van der Waals surface area contributed by atoms with Gasteiger partial charge in [0.2, 0.25) is 23.3 Å². The smallest absolute Gasteiger partial charge is 0.793 e. The van der Waals surface area contributed by atoms with E-state index in [1.807, 2.05) is 18.2 Å². The molecule has 4 bridgehead atoms. The Morgan fingerprint density at radius 3 is 1.09 bits per heavy atom. The second-order valence-corrected chi connectivity index (χ2v) is 23.4. The van der Waals surface area contributed by atoms with Crippen molar-refractivity contribution in [1.29, 1.82) is 0 Å². The number of nitrogens with zero attached hydrogens (tertiary/aromatic N) is 1. The zero-order valence-corrected chi connectivity index (χ0v) is 57.2. The molecule has 1 aliphatic heterocycles. The number of hydrogen-bond acceptors (Lipinski definition) is 21. The topological polar surface area (TPSA) is 304 Å². The third-order valence-electron chi connectivity index (χ3n) is 11.2. The quantitative estimate of drug-likeness (QED) is 0.0419. The van der Waals surface area contributed by atoms with Crippen molar-refractivity contribution in [2.45, 2.75) is 86.1 Å². The minimum Gasteiger partial charge on any atom is -0.793 e.